The van der Waals surface area contributed by atoms with Crippen LogP contribution < -0.4 is 10.6 Å². The van der Waals surface area contributed by atoms with Crippen LogP contribution in [0.1, 0.15) is 68.8 Å². The molecule has 0 saturated heterocycles. The molecule has 0 heterocycles. The molecule has 202 valence electrons. The molecule has 2 aromatic carbocycles. The standard InChI is InChI=1S/C29H41N3O5/c1-8-9-17-32(27(35)23(18-33)30-28(36)37-29(5,6)7)25(22-16-11-10-13-19(22)2)26(34)31-24-20(3)14-12-15-21(24)4/h10-16,23,25,33H,8-9,17-18H2,1-7H3,(H,30,36)(H,31,34). The predicted octanol–water partition coefficient (Wildman–Crippen LogP) is 4.81. The lowest BCUT2D eigenvalue weighted by molar-refractivity contribution is -0.141. The zero-order chi connectivity index (χ0) is 27.8. The van der Waals surface area contributed by atoms with E-state index in [9.17, 15) is 19.5 Å². The Labute approximate surface area is 220 Å². The van der Waals surface area contributed by atoms with Crippen molar-refractivity contribution in [1.82, 2.24) is 10.2 Å². The van der Waals surface area contributed by atoms with Crippen molar-refractivity contribution in [2.24, 2.45) is 0 Å². The molecule has 0 bridgehead atoms. The fourth-order valence-corrected chi connectivity index (χ4v) is 4.08. The Kier molecular flexibility index (Phi) is 10.7. The van der Waals surface area contributed by atoms with Crippen molar-refractivity contribution in [3.05, 3.63) is 64.7 Å². The molecule has 0 aliphatic rings. The summed E-state index contributed by atoms with van der Waals surface area (Å²) in [6.45, 7) is 12.5. The van der Waals surface area contributed by atoms with E-state index in [1.807, 2.05) is 70.2 Å². The highest BCUT2D eigenvalue weighted by Gasteiger charge is 2.36. The van der Waals surface area contributed by atoms with Gasteiger partial charge in [0.1, 0.15) is 17.7 Å². The Bertz CT molecular complexity index is 1070. The number of carbonyl (C=O) groups excluding carboxylic acids is 3. The van der Waals surface area contributed by atoms with Crippen LogP contribution in [0, 0.1) is 20.8 Å². The molecule has 3 N–H and O–H groups in total. The van der Waals surface area contributed by atoms with E-state index in [0.29, 0.717) is 17.7 Å². The van der Waals surface area contributed by atoms with Crippen LogP contribution in [0.25, 0.3) is 0 Å². The number of aliphatic hydroxyl groups is 1. The number of rotatable bonds is 10. The fourth-order valence-electron chi connectivity index (χ4n) is 4.08. The van der Waals surface area contributed by atoms with Crippen LogP contribution >= 0.6 is 0 Å². The Morgan fingerprint density at radius 3 is 2.11 bits per heavy atom. The number of aliphatic hydroxyl groups excluding tert-OH is 1. The van der Waals surface area contributed by atoms with Crippen LogP contribution in [0.3, 0.4) is 0 Å². The van der Waals surface area contributed by atoms with Crippen LogP contribution in [0.5, 0.6) is 0 Å². The highest BCUT2D eigenvalue weighted by molar-refractivity contribution is 6.00. The van der Waals surface area contributed by atoms with E-state index in [1.165, 1.54) is 4.90 Å². The van der Waals surface area contributed by atoms with Crippen LogP contribution in [0.15, 0.2) is 42.5 Å². The lowest BCUT2D eigenvalue weighted by Gasteiger charge is -2.35. The maximum Gasteiger partial charge on any atom is 0.408 e. The highest BCUT2D eigenvalue weighted by atomic mass is 16.6. The van der Waals surface area contributed by atoms with Crippen LogP contribution in [0.2, 0.25) is 0 Å². The van der Waals surface area contributed by atoms with E-state index < -0.39 is 36.3 Å². The van der Waals surface area contributed by atoms with Gasteiger partial charge in [-0.25, -0.2) is 4.79 Å². The van der Waals surface area contributed by atoms with Crippen LogP contribution in [0.4, 0.5) is 10.5 Å². The van der Waals surface area contributed by atoms with Crippen molar-refractivity contribution < 1.29 is 24.2 Å². The molecule has 8 heteroatoms. The number of unbranched alkanes of at least 4 members (excludes halogenated alkanes) is 1. The minimum atomic E-state index is -1.27. The van der Waals surface area contributed by atoms with Gasteiger partial charge in [0.25, 0.3) is 5.91 Å². The number of anilines is 1. The van der Waals surface area contributed by atoms with Gasteiger partial charge in [-0.2, -0.15) is 0 Å². The third-order valence-electron chi connectivity index (χ3n) is 5.98. The quantitative estimate of drug-likeness (QED) is 0.424. The molecule has 3 amide bonds. The summed E-state index contributed by atoms with van der Waals surface area (Å²) in [5.74, 6) is -0.933. The summed E-state index contributed by atoms with van der Waals surface area (Å²) in [6.07, 6.45) is 0.601. The second kappa shape index (κ2) is 13.2. The third-order valence-corrected chi connectivity index (χ3v) is 5.98. The number of para-hydroxylation sites is 1. The number of hydrogen-bond donors (Lipinski definition) is 3. The van der Waals surface area contributed by atoms with Crippen LogP contribution in [-0.2, 0) is 14.3 Å². The summed E-state index contributed by atoms with van der Waals surface area (Å²) in [7, 11) is 0. The molecule has 2 rings (SSSR count). The topological polar surface area (TPSA) is 108 Å². The first-order valence-electron chi connectivity index (χ1n) is 12.7. The number of amides is 3. The van der Waals surface area contributed by atoms with Gasteiger partial charge >= 0.3 is 6.09 Å². The molecule has 2 atom stereocenters. The average molecular weight is 512 g/mol. The van der Waals surface area contributed by atoms with Gasteiger partial charge in [-0.3, -0.25) is 9.59 Å². The molecule has 0 aliphatic heterocycles. The summed E-state index contributed by atoms with van der Waals surface area (Å²) in [6, 6.07) is 10.9. The van der Waals surface area contributed by atoms with Crippen molar-refractivity contribution in [3.8, 4) is 0 Å². The van der Waals surface area contributed by atoms with Gasteiger partial charge in [0.2, 0.25) is 5.91 Å². The maximum absolute atomic E-state index is 13.9. The number of nitrogens with zero attached hydrogens (tertiary/aromatic N) is 1. The number of alkyl carbamates (subject to hydrolysis) is 1. The molecule has 8 nitrogen and oxygen atoms in total. The van der Waals surface area contributed by atoms with Crippen molar-refractivity contribution in [3.63, 3.8) is 0 Å². The maximum atomic E-state index is 13.9. The molecule has 0 aromatic heterocycles. The van der Waals surface area contributed by atoms with Gasteiger partial charge in [-0.1, -0.05) is 55.8 Å². The summed E-state index contributed by atoms with van der Waals surface area (Å²) in [5.41, 5.74) is 3.25. The molecule has 2 aromatic rings. The molecule has 0 fully saturated rings. The lowest BCUT2D eigenvalue weighted by atomic mass is 9.97. The zero-order valence-corrected chi connectivity index (χ0v) is 23.1. The second-order valence-electron chi connectivity index (χ2n) is 10.3. The van der Waals surface area contributed by atoms with Gasteiger partial charge < -0.3 is 25.4 Å². The van der Waals surface area contributed by atoms with Crippen LogP contribution in [-0.4, -0.2) is 52.7 Å². The molecular weight excluding hydrogens is 470 g/mol. The molecule has 0 radical (unpaired) electrons. The molecular formula is C29H41N3O5. The number of hydrogen-bond acceptors (Lipinski definition) is 5. The number of carbonyl (C=O) groups is 3. The van der Waals surface area contributed by atoms with Gasteiger partial charge in [-0.15, -0.1) is 0 Å². The summed E-state index contributed by atoms with van der Waals surface area (Å²) in [5, 5.41) is 15.6. The SMILES string of the molecule is CCCCN(C(=O)C(CO)NC(=O)OC(C)(C)C)C(C(=O)Nc1c(C)cccc1C)c1ccccc1C. The lowest BCUT2D eigenvalue weighted by Crippen LogP contribution is -2.54. The summed E-state index contributed by atoms with van der Waals surface area (Å²) >= 11 is 0. The Balaban J connectivity index is 2.52. The Hall–Kier alpha value is -3.39. The monoisotopic (exact) mass is 511 g/mol. The van der Waals surface area contributed by atoms with E-state index in [1.54, 1.807) is 20.8 Å². The smallest absolute Gasteiger partial charge is 0.408 e. The van der Waals surface area contributed by atoms with E-state index in [4.69, 9.17) is 4.74 Å². The normalized spacial score (nSPS) is 12.9. The molecule has 0 aliphatic carbocycles. The van der Waals surface area contributed by atoms with Gasteiger partial charge in [0.15, 0.2) is 0 Å². The van der Waals surface area contributed by atoms with Gasteiger partial charge in [-0.05, 0) is 70.2 Å². The average Bonchev–Trinajstić information content (AvgIpc) is 2.81. The third kappa shape index (κ3) is 8.32. The molecule has 2 unspecified atom stereocenters. The van der Waals surface area contributed by atoms with Gasteiger partial charge in [0, 0.05) is 12.2 Å². The number of aryl methyl sites for hydroxylation is 3. The fraction of sp³-hybridized carbons (Fsp3) is 0.483. The first-order valence-corrected chi connectivity index (χ1v) is 12.7. The Morgan fingerprint density at radius 1 is 0.973 bits per heavy atom. The first-order chi connectivity index (χ1) is 17.4. The van der Waals surface area contributed by atoms with E-state index in [-0.39, 0.29) is 12.5 Å². The molecule has 0 saturated carbocycles. The molecule has 0 spiro atoms. The van der Waals surface area contributed by atoms with E-state index in [2.05, 4.69) is 10.6 Å². The van der Waals surface area contributed by atoms with Crippen molar-refractivity contribution in [2.75, 3.05) is 18.5 Å². The first kappa shape index (κ1) is 29.8. The largest absolute Gasteiger partial charge is 0.444 e. The number of nitrogens with one attached hydrogen (secondary N) is 2. The number of ether oxygens (including phenoxy) is 1. The van der Waals surface area contributed by atoms with E-state index in [0.717, 1.165) is 23.1 Å². The Morgan fingerprint density at radius 2 is 1.57 bits per heavy atom. The number of benzene rings is 2. The summed E-state index contributed by atoms with van der Waals surface area (Å²) < 4.78 is 5.29. The predicted molar refractivity (Wildman–Crippen MR) is 145 cm³/mol. The minimum absolute atomic E-state index is 0.265. The minimum Gasteiger partial charge on any atom is -0.444 e. The van der Waals surface area contributed by atoms with Crippen molar-refractivity contribution in [1.29, 1.82) is 0 Å². The van der Waals surface area contributed by atoms with Crippen molar-refractivity contribution >= 4 is 23.6 Å². The van der Waals surface area contributed by atoms with Gasteiger partial charge in [0.05, 0.1) is 6.61 Å². The highest BCUT2D eigenvalue weighted by Crippen LogP contribution is 2.29. The van der Waals surface area contributed by atoms with E-state index >= 15 is 0 Å². The molecule has 37 heavy (non-hydrogen) atoms. The second-order valence-corrected chi connectivity index (χ2v) is 10.3. The summed E-state index contributed by atoms with van der Waals surface area (Å²) in [4.78, 5) is 41.6. The zero-order valence-electron chi connectivity index (χ0n) is 23.1. The van der Waals surface area contributed by atoms with Crippen molar-refractivity contribution in [2.45, 2.75) is 79.0 Å².